The number of methoxy groups -OCH3 is 1. The van der Waals surface area contributed by atoms with E-state index in [1.165, 1.54) is 0 Å². The number of ether oxygens (including phenoxy) is 2. The first-order valence-electron chi connectivity index (χ1n) is 8.01. The zero-order valence-electron chi connectivity index (χ0n) is 14.7. The molecule has 8 heteroatoms. The van der Waals surface area contributed by atoms with E-state index in [9.17, 15) is 17.8 Å². The second kappa shape index (κ2) is 15.8. The molecular formula is C15H29NaO6S. The molecule has 0 aliphatic heterocycles. The second-order valence-electron chi connectivity index (χ2n) is 5.40. The molecule has 6 nitrogen and oxygen atoms in total. The molecule has 132 valence electrons. The molecule has 0 rings (SSSR count). The summed E-state index contributed by atoms with van der Waals surface area (Å²) >= 11 is 0. The van der Waals surface area contributed by atoms with Crippen molar-refractivity contribution in [3.05, 3.63) is 0 Å². The van der Waals surface area contributed by atoms with E-state index >= 15 is 0 Å². The summed E-state index contributed by atoms with van der Waals surface area (Å²) in [6, 6.07) is 0. The Hall–Kier alpha value is 0.340. The van der Waals surface area contributed by atoms with Gasteiger partial charge >= 0.3 is 35.5 Å². The molecule has 0 N–H and O–H groups in total. The molecule has 0 spiro atoms. The Kier molecular flexibility index (Phi) is 17.6. The van der Waals surface area contributed by atoms with Crippen LogP contribution in [0.4, 0.5) is 0 Å². The Bertz CT molecular complexity index is 385. The van der Waals surface area contributed by atoms with Crippen molar-refractivity contribution in [1.82, 2.24) is 0 Å². The van der Waals surface area contributed by atoms with Gasteiger partial charge in [-0.25, -0.2) is 8.42 Å². The quantitative estimate of drug-likeness (QED) is 0.182. The van der Waals surface area contributed by atoms with Crippen molar-refractivity contribution in [1.29, 1.82) is 0 Å². The first-order chi connectivity index (χ1) is 10.4. The summed E-state index contributed by atoms with van der Waals surface area (Å²) < 4.78 is 42.5. The Morgan fingerprint density at radius 1 is 1.04 bits per heavy atom. The topological polar surface area (TPSA) is 92.7 Å². The maximum atomic E-state index is 11.3. The smallest absolute Gasteiger partial charge is 0.748 e. The van der Waals surface area contributed by atoms with Crippen LogP contribution in [0.2, 0.25) is 0 Å². The van der Waals surface area contributed by atoms with Gasteiger partial charge in [-0.15, -0.1) is 0 Å². The van der Waals surface area contributed by atoms with Crippen LogP contribution in [0.1, 0.15) is 64.7 Å². The maximum absolute atomic E-state index is 11.3. The van der Waals surface area contributed by atoms with E-state index in [1.54, 1.807) is 14.0 Å². The summed E-state index contributed by atoms with van der Waals surface area (Å²) in [5, 5.41) is -0.741. The zero-order valence-corrected chi connectivity index (χ0v) is 17.5. The van der Waals surface area contributed by atoms with Crippen LogP contribution in [0.15, 0.2) is 0 Å². The van der Waals surface area contributed by atoms with Crippen molar-refractivity contribution < 1.29 is 56.8 Å². The van der Waals surface area contributed by atoms with Crippen molar-refractivity contribution in [2.45, 2.75) is 70.0 Å². The monoisotopic (exact) mass is 360 g/mol. The van der Waals surface area contributed by atoms with Crippen LogP contribution in [0, 0.1) is 0 Å². The largest absolute Gasteiger partial charge is 1.00 e. The molecule has 0 aliphatic rings. The summed E-state index contributed by atoms with van der Waals surface area (Å²) in [4.78, 5) is 11.3. The fourth-order valence-corrected chi connectivity index (χ4v) is 3.08. The van der Waals surface area contributed by atoms with Gasteiger partial charge in [0.1, 0.15) is 6.61 Å². The second-order valence-corrected chi connectivity index (χ2v) is 7.05. The maximum Gasteiger partial charge on any atom is 1.00 e. The van der Waals surface area contributed by atoms with Gasteiger partial charge in [0.05, 0.1) is 16.7 Å². The Morgan fingerprint density at radius 2 is 1.61 bits per heavy atom. The molecule has 0 amide bonds. The number of carbonyl (C=O) groups is 1. The van der Waals surface area contributed by atoms with Crippen LogP contribution in [-0.4, -0.2) is 44.5 Å². The van der Waals surface area contributed by atoms with E-state index in [2.05, 4.69) is 0 Å². The first-order valence-corrected chi connectivity index (χ1v) is 9.48. The third-order valence-corrected chi connectivity index (χ3v) is 4.96. The molecule has 0 aromatic heterocycles. The molecule has 0 saturated heterocycles. The summed E-state index contributed by atoms with van der Waals surface area (Å²) in [6.07, 6.45) is 6.71. The number of hydrogen-bond donors (Lipinski definition) is 0. The molecule has 0 heterocycles. The molecule has 1 unspecified atom stereocenters. The third-order valence-electron chi connectivity index (χ3n) is 3.57. The van der Waals surface area contributed by atoms with Gasteiger partial charge in [0.25, 0.3) is 0 Å². The third kappa shape index (κ3) is 15.6. The van der Waals surface area contributed by atoms with Crippen molar-refractivity contribution in [2.75, 3.05) is 20.3 Å². The molecule has 0 aromatic rings. The predicted octanol–water partition coefficient (Wildman–Crippen LogP) is -0.375. The minimum absolute atomic E-state index is 0. The van der Waals surface area contributed by atoms with Crippen molar-refractivity contribution in [2.24, 2.45) is 0 Å². The van der Waals surface area contributed by atoms with Gasteiger partial charge in [-0.1, -0.05) is 39.0 Å². The van der Waals surface area contributed by atoms with Crippen LogP contribution in [-0.2, 0) is 24.4 Å². The van der Waals surface area contributed by atoms with Crippen molar-refractivity contribution in [3.63, 3.8) is 0 Å². The molecular weight excluding hydrogens is 331 g/mol. The van der Waals surface area contributed by atoms with Crippen LogP contribution >= 0.6 is 0 Å². The van der Waals surface area contributed by atoms with Crippen LogP contribution in [0.5, 0.6) is 0 Å². The predicted molar refractivity (Wildman–Crippen MR) is 83.5 cm³/mol. The summed E-state index contributed by atoms with van der Waals surface area (Å²) in [7, 11) is -2.59. The SMILES string of the molecule is CCC(CCCCCCCCC(=O)OCCOC)S(=O)(=O)[O-].[Na+]. The molecule has 0 radical (unpaired) electrons. The van der Waals surface area contributed by atoms with Crippen LogP contribution in [0.3, 0.4) is 0 Å². The molecule has 0 aliphatic carbocycles. The average molecular weight is 360 g/mol. The van der Waals surface area contributed by atoms with E-state index in [4.69, 9.17) is 9.47 Å². The van der Waals surface area contributed by atoms with E-state index in [1.807, 2.05) is 0 Å². The van der Waals surface area contributed by atoms with Gasteiger partial charge < -0.3 is 14.0 Å². The number of esters is 1. The summed E-state index contributed by atoms with van der Waals surface area (Å²) in [5.41, 5.74) is 0. The van der Waals surface area contributed by atoms with Crippen LogP contribution < -0.4 is 29.6 Å². The molecule has 0 saturated carbocycles. The average Bonchev–Trinajstić information content (AvgIpc) is 2.44. The Balaban J connectivity index is 0. The fraction of sp³-hybridized carbons (Fsp3) is 0.933. The fourth-order valence-electron chi connectivity index (χ4n) is 2.21. The standard InChI is InChI=1S/C15H30O6S.Na/c1-3-14(22(17,18)19)10-8-6-4-5-7-9-11-15(16)21-13-12-20-2;/h14H,3-13H2,1-2H3,(H,17,18,19);/q;+1/p-1. The minimum Gasteiger partial charge on any atom is -0.748 e. The van der Waals surface area contributed by atoms with E-state index in [-0.39, 0.29) is 35.5 Å². The summed E-state index contributed by atoms with van der Waals surface area (Å²) in [6.45, 7) is 2.45. The van der Waals surface area contributed by atoms with Gasteiger partial charge in [-0.3, -0.25) is 4.79 Å². The van der Waals surface area contributed by atoms with Crippen molar-refractivity contribution >= 4 is 16.1 Å². The summed E-state index contributed by atoms with van der Waals surface area (Å²) in [5.74, 6) is -0.191. The minimum atomic E-state index is -4.15. The van der Waals surface area contributed by atoms with E-state index in [0.29, 0.717) is 32.5 Å². The van der Waals surface area contributed by atoms with Gasteiger partial charge in [-0.05, 0) is 19.3 Å². The number of rotatable bonds is 14. The van der Waals surface area contributed by atoms with Gasteiger partial charge in [0.2, 0.25) is 0 Å². The molecule has 1 atom stereocenters. The zero-order chi connectivity index (χ0) is 16.8. The molecule has 23 heavy (non-hydrogen) atoms. The Morgan fingerprint density at radius 3 is 2.13 bits per heavy atom. The van der Waals surface area contributed by atoms with Gasteiger partial charge in [0, 0.05) is 18.8 Å². The number of unbranched alkanes of at least 4 members (excludes halogenated alkanes) is 5. The van der Waals surface area contributed by atoms with Gasteiger partial charge in [-0.2, -0.15) is 0 Å². The normalized spacial score (nSPS) is 12.5. The molecule has 0 aromatic carbocycles. The Labute approximate surface area is 162 Å². The number of hydrogen-bond acceptors (Lipinski definition) is 6. The van der Waals surface area contributed by atoms with Gasteiger partial charge in [0.15, 0.2) is 0 Å². The first kappa shape index (κ1) is 25.6. The number of carbonyl (C=O) groups excluding carboxylic acids is 1. The van der Waals surface area contributed by atoms with E-state index in [0.717, 1.165) is 38.5 Å². The van der Waals surface area contributed by atoms with E-state index < -0.39 is 15.4 Å². The van der Waals surface area contributed by atoms with Crippen molar-refractivity contribution in [3.8, 4) is 0 Å². The molecule has 0 bridgehead atoms. The molecule has 0 fully saturated rings. The van der Waals surface area contributed by atoms with Crippen LogP contribution in [0.25, 0.3) is 0 Å².